The molecule has 0 saturated carbocycles. The van der Waals surface area contributed by atoms with Gasteiger partial charge in [0.2, 0.25) is 0 Å². The second-order valence-corrected chi connectivity index (χ2v) is 11.5. The molecule has 0 radical (unpaired) electrons. The number of carbonyl (C=O) groups excluding carboxylic acids is 2. The highest BCUT2D eigenvalue weighted by Crippen LogP contribution is 2.32. The first kappa shape index (κ1) is 25.9. The van der Waals surface area contributed by atoms with Crippen LogP contribution in [0.1, 0.15) is 56.3 Å². The summed E-state index contributed by atoms with van der Waals surface area (Å²) in [5.74, 6) is -0.908. The van der Waals surface area contributed by atoms with Crippen molar-refractivity contribution in [3.63, 3.8) is 0 Å². The molecule has 2 unspecified atom stereocenters. The second kappa shape index (κ2) is 11.2. The Morgan fingerprint density at radius 2 is 2.06 bits per heavy atom. The van der Waals surface area contributed by atoms with Gasteiger partial charge in [-0.15, -0.1) is 0 Å². The molecule has 11 heteroatoms. The fraction of sp³-hybridized carbons (Fsp3) is 0.652. The van der Waals surface area contributed by atoms with Gasteiger partial charge in [0.1, 0.15) is 5.69 Å². The fourth-order valence-electron chi connectivity index (χ4n) is 4.63. The molecule has 2 atom stereocenters. The lowest BCUT2D eigenvalue weighted by Crippen LogP contribution is -2.43. The van der Waals surface area contributed by atoms with Gasteiger partial charge in [-0.1, -0.05) is 20.3 Å². The van der Waals surface area contributed by atoms with Gasteiger partial charge in [0, 0.05) is 31.7 Å². The van der Waals surface area contributed by atoms with E-state index in [0.717, 1.165) is 19.3 Å². The number of nitrogens with zero attached hydrogens (tertiary/aromatic N) is 3. The topological polar surface area (TPSA) is 127 Å². The fourth-order valence-corrected chi connectivity index (χ4v) is 6.36. The summed E-state index contributed by atoms with van der Waals surface area (Å²) in [7, 11) is -3.17. The number of ether oxygens (including phenoxy) is 1. The minimum absolute atomic E-state index is 0.00291. The monoisotopic (exact) mass is 495 g/mol. The summed E-state index contributed by atoms with van der Waals surface area (Å²) in [5.41, 5.74) is 0.296. The highest BCUT2D eigenvalue weighted by Gasteiger charge is 2.34. The lowest BCUT2D eigenvalue weighted by atomic mass is 9.99. The molecule has 0 bridgehead atoms. The van der Waals surface area contributed by atoms with Crippen LogP contribution in [0.2, 0.25) is 0 Å². The summed E-state index contributed by atoms with van der Waals surface area (Å²) in [6, 6.07) is 3.81. The van der Waals surface area contributed by atoms with E-state index in [0.29, 0.717) is 44.1 Å². The maximum Gasteiger partial charge on any atom is 0.338 e. The summed E-state index contributed by atoms with van der Waals surface area (Å²) >= 11 is 0. The number of hydrogen-bond acceptors (Lipinski definition) is 8. The van der Waals surface area contributed by atoms with Crippen molar-refractivity contribution < 1.29 is 27.7 Å². The third kappa shape index (κ3) is 6.46. The van der Waals surface area contributed by atoms with Crippen LogP contribution in [0.5, 0.6) is 0 Å². The number of nitro benzene ring substituents is 1. The van der Waals surface area contributed by atoms with Crippen LogP contribution in [-0.4, -0.2) is 73.9 Å². The van der Waals surface area contributed by atoms with E-state index in [2.05, 4.69) is 6.92 Å². The lowest BCUT2D eigenvalue weighted by molar-refractivity contribution is -0.384. The quantitative estimate of drug-likeness (QED) is 0.291. The van der Waals surface area contributed by atoms with Gasteiger partial charge in [-0.05, 0) is 43.7 Å². The Hall–Kier alpha value is -2.69. The van der Waals surface area contributed by atoms with E-state index in [-0.39, 0.29) is 22.8 Å². The third-order valence-corrected chi connectivity index (χ3v) is 8.20. The molecule has 34 heavy (non-hydrogen) atoms. The molecule has 10 nitrogen and oxygen atoms in total. The van der Waals surface area contributed by atoms with Crippen LogP contribution in [0.4, 0.5) is 11.4 Å². The van der Waals surface area contributed by atoms with Crippen molar-refractivity contribution in [3.8, 4) is 0 Å². The molecule has 1 amide bonds. The summed E-state index contributed by atoms with van der Waals surface area (Å²) in [5, 5.41) is 11.7. The van der Waals surface area contributed by atoms with Crippen molar-refractivity contribution in [1.82, 2.24) is 4.90 Å². The summed E-state index contributed by atoms with van der Waals surface area (Å²) < 4.78 is 28.9. The van der Waals surface area contributed by atoms with E-state index >= 15 is 0 Å². The van der Waals surface area contributed by atoms with Crippen molar-refractivity contribution in [2.45, 2.75) is 52.0 Å². The molecular weight excluding hydrogens is 462 g/mol. The summed E-state index contributed by atoms with van der Waals surface area (Å²) in [6.45, 7) is 5.35. The Balaban J connectivity index is 1.68. The molecule has 2 aliphatic heterocycles. The van der Waals surface area contributed by atoms with Crippen LogP contribution in [0.3, 0.4) is 0 Å². The van der Waals surface area contributed by atoms with Crippen molar-refractivity contribution >= 4 is 33.1 Å². The molecule has 0 aliphatic carbocycles. The smallest absolute Gasteiger partial charge is 0.338 e. The van der Waals surface area contributed by atoms with Crippen LogP contribution in [-0.2, 0) is 19.4 Å². The number of amides is 1. The molecule has 2 aliphatic rings. The number of benzene rings is 1. The maximum absolute atomic E-state index is 12.8. The Morgan fingerprint density at radius 3 is 2.68 bits per heavy atom. The van der Waals surface area contributed by atoms with Gasteiger partial charge < -0.3 is 14.5 Å². The molecule has 2 saturated heterocycles. The number of piperidine rings is 1. The van der Waals surface area contributed by atoms with Crippen molar-refractivity contribution in [2.24, 2.45) is 5.92 Å². The van der Waals surface area contributed by atoms with Gasteiger partial charge in [-0.3, -0.25) is 14.9 Å². The Morgan fingerprint density at radius 1 is 1.29 bits per heavy atom. The normalized spacial score (nSPS) is 21.8. The van der Waals surface area contributed by atoms with Gasteiger partial charge in [0.15, 0.2) is 16.4 Å². The molecule has 188 valence electrons. The van der Waals surface area contributed by atoms with E-state index in [9.17, 15) is 28.1 Å². The van der Waals surface area contributed by atoms with Crippen LogP contribution in [0, 0.1) is 16.0 Å². The van der Waals surface area contributed by atoms with Crippen molar-refractivity contribution in [2.75, 3.05) is 42.6 Å². The standard InChI is InChI=1S/C23H33N3O7S/c1-3-4-11-25(19-9-12-34(31,32)16-19)22(27)15-33-23(28)18-7-8-20(21(13-18)26(29)30)24-10-5-6-17(2)14-24/h7-8,13,17,19H,3-6,9-12,14-16H2,1-2H3. The van der Waals surface area contributed by atoms with Gasteiger partial charge in [0.25, 0.3) is 11.6 Å². The van der Waals surface area contributed by atoms with Gasteiger partial charge in [0.05, 0.1) is 22.0 Å². The van der Waals surface area contributed by atoms with Gasteiger partial charge in [-0.25, -0.2) is 13.2 Å². The highest BCUT2D eigenvalue weighted by molar-refractivity contribution is 7.91. The van der Waals surface area contributed by atoms with E-state index < -0.39 is 39.3 Å². The maximum atomic E-state index is 12.8. The van der Waals surface area contributed by atoms with Crippen LogP contribution >= 0.6 is 0 Å². The molecule has 0 N–H and O–H groups in total. The van der Waals surface area contributed by atoms with E-state index in [1.807, 2.05) is 11.8 Å². The predicted octanol–water partition coefficient (Wildman–Crippen LogP) is 2.80. The molecule has 0 spiro atoms. The first-order valence-electron chi connectivity index (χ1n) is 11.8. The average molecular weight is 496 g/mol. The molecular formula is C23H33N3O7S. The molecule has 1 aromatic rings. The minimum Gasteiger partial charge on any atom is -0.452 e. The number of nitro groups is 1. The minimum atomic E-state index is -3.17. The molecule has 1 aromatic carbocycles. The number of esters is 1. The number of anilines is 1. The van der Waals surface area contributed by atoms with E-state index in [1.165, 1.54) is 17.0 Å². The number of rotatable bonds is 9. The average Bonchev–Trinajstić information content (AvgIpc) is 3.16. The molecule has 3 rings (SSSR count). The zero-order valence-corrected chi connectivity index (χ0v) is 20.6. The SMILES string of the molecule is CCCCN(C(=O)COC(=O)c1ccc(N2CCCC(C)C2)c([N+](=O)[O-])c1)C1CCS(=O)(=O)C1. The first-order valence-corrected chi connectivity index (χ1v) is 13.6. The van der Waals surface area contributed by atoms with Crippen LogP contribution in [0.25, 0.3) is 0 Å². The molecule has 0 aromatic heterocycles. The Labute approximate surface area is 200 Å². The Bertz CT molecular complexity index is 1030. The van der Waals surface area contributed by atoms with Gasteiger partial charge >= 0.3 is 5.97 Å². The summed E-state index contributed by atoms with van der Waals surface area (Å²) in [6.07, 6.45) is 3.92. The largest absolute Gasteiger partial charge is 0.452 e. The van der Waals surface area contributed by atoms with Crippen molar-refractivity contribution in [1.29, 1.82) is 0 Å². The van der Waals surface area contributed by atoms with Crippen LogP contribution in [0.15, 0.2) is 18.2 Å². The number of sulfone groups is 1. The van der Waals surface area contributed by atoms with E-state index in [4.69, 9.17) is 4.74 Å². The highest BCUT2D eigenvalue weighted by atomic mass is 32.2. The van der Waals surface area contributed by atoms with Crippen LogP contribution < -0.4 is 4.90 Å². The lowest BCUT2D eigenvalue weighted by Gasteiger charge is -2.32. The molecule has 2 fully saturated rings. The number of hydrogen-bond donors (Lipinski definition) is 0. The first-order chi connectivity index (χ1) is 16.1. The predicted molar refractivity (Wildman–Crippen MR) is 128 cm³/mol. The van der Waals surface area contributed by atoms with E-state index in [1.54, 1.807) is 6.07 Å². The Kier molecular flexibility index (Phi) is 8.51. The van der Waals surface area contributed by atoms with Gasteiger partial charge in [-0.2, -0.15) is 0 Å². The summed E-state index contributed by atoms with van der Waals surface area (Å²) in [4.78, 5) is 40.0. The second-order valence-electron chi connectivity index (χ2n) is 9.23. The zero-order valence-electron chi connectivity index (χ0n) is 19.8. The number of unbranched alkanes of at least 4 members (excludes halogenated alkanes) is 1. The third-order valence-electron chi connectivity index (χ3n) is 6.45. The zero-order chi connectivity index (χ0) is 24.9. The van der Waals surface area contributed by atoms with Crippen molar-refractivity contribution in [3.05, 3.63) is 33.9 Å². The number of carbonyl (C=O) groups is 2. The molecule has 2 heterocycles.